The van der Waals surface area contributed by atoms with Gasteiger partial charge in [0.2, 0.25) is 0 Å². The number of aromatic nitrogens is 1. The second-order valence-corrected chi connectivity index (χ2v) is 5.66. The standard InChI is InChI=1S/C16H20ClN3O/c1-2-20-8-9-21-14(10-18)16(20)12-5-6-13(17)11-4-3-7-19-15(11)12/h3-7,14,16H,2,8-10,18H2,1H3. The fraction of sp³-hybridized carbons (Fsp3) is 0.438. The Hall–Kier alpha value is -1.20. The molecular weight excluding hydrogens is 286 g/mol. The average molecular weight is 306 g/mol. The van der Waals surface area contributed by atoms with Crippen LogP contribution >= 0.6 is 11.6 Å². The fourth-order valence-corrected chi connectivity index (χ4v) is 3.35. The van der Waals surface area contributed by atoms with Gasteiger partial charge in [-0.2, -0.15) is 0 Å². The van der Waals surface area contributed by atoms with Crippen molar-refractivity contribution in [1.82, 2.24) is 9.88 Å². The number of benzene rings is 1. The van der Waals surface area contributed by atoms with Crippen LogP contribution in [0.1, 0.15) is 18.5 Å². The molecule has 2 N–H and O–H groups in total. The largest absolute Gasteiger partial charge is 0.374 e. The summed E-state index contributed by atoms with van der Waals surface area (Å²) in [6, 6.07) is 8.04. The first kappa shape index (κ1) is 14.7. The first-order valence-corrected chi connectivity index (χ1v) is 7.73. The number of likely N-dealkylation sites (N-methyl/N-ethyl adjacent to an activating group) is 1. The summed E-state index contributed by atoms with van der Waals surface area (Å²) in [5, 5.41) is 1.71. The van der Waals surface area contributed by atoms with E-state index in [1.165, 1.54) is 0 Å². The highest BCUT2D eigenvalue weighted by Gasteiger charge is 2.33. The molecule has 112 valence electrons. The monoisotopic (exact) mass is 305 g/mol. The lowest BCUT2D eigenvalue weighted by atomic mass is 9.95. The van der Waals surface area contributed by atoms with Crippen LogP contribution in [0.15, 0.2) is 30.5 Å². The zero-order valence-electron chi connectivity index (χ0n) is 12.1. The lowest BCUT2D eigenvalue weighted by Crippen LogP contribution is -2.48. The van der Waals surface area contributed by atoms with Gasteiger partial charge < -0.3 is 10.5 Å². The molecule has 0 bridgehead atoms. The van der Waals surface area contributed by atoms with E-state index in [-0.39, 0.29) is 12.1 Å². The van der Waals surface area contributed by atoms with Crippen molar-refractivity contribution < 1.29 is 4.74 Å². The highest BCUT2D eigenvalue weighted by Crippen LogP contribution is 2.35. The molecule has 0 spiro atoms. The smallest absolute Gasteiger partial charge is 0.0895 e. The third kappa shape index (κ3) is 2.64. The molecule has 21 heavy (non-hydrogen) atoms. The number of ether oxygens (including phenoxy) is 1. The number of halogens is 1. The summed E-state index contributed by atoms with van der Waals surface area (Å²) in [6.07, 6.45) is 1.80. The molecule has 0 saturated carbocycles. The Kier molecular flexibility index (Phi) is 4.40. The van der Waals surface area contributed by atoms with Crippen LogP contribution in [0.25, 0.3) is 10.9 Å². The summed E-state index contributed by atoms with van der Waals surface area (Å²) in [4.78, 5) is 6.95. The average Bonchev–Trinajstić information content (AvgIpc) is 2.55. The summed E-state index contributed by atoms with van der Waals surface area (Å²) in [5.74, 6) is 0. The molecule has 0 radical (unpaired) electrons. The molecule has 2 unspecified atom stereocenters. The zero-order valence-corrected chi connectivity index (χ0v) is 12.9. The number of pyridine rings is 1. The van der Waals surface area contributed by atoms with Crippen molar-refractivity contribution in [3.8, 4) is 0 Å². The van der Waals surface area contributed by atoms with Crippen LogP contribution in [0.3, 0.4) is 0 Å². The number of hydrogen-bond acceptors (Lipinski definition) is 4. The molecule has 2 atom stereocenters. The van der Waals surface area contributed by atoms with Crippen molar-refractivity contribution in [3.05, 3.63) is 41.0 Å². The van der Waals surface area contributed by atoms with Crippen LogP contribution in [-0.4, -0.2) is 42.2 Å². The summed E-state index contributed by atoms with van der Waals surface area (Å²) < 4.78 is 5.88. The van der Waals surface area contributed by atoms with E-state index < -0.39 is 0 Å². The van der Waals surface area contributed by atoms with Gasteiger partial charge in [0, 0.05) is 29.7 Å². The van der Waals surface area contributed by atoms with Crippen LogP contribution in [0.2, 0.25) is 5.02 Å². The maximum Gasteiger partial charge on any atom is 0.0895 e. The quantitative estimate of drug-likeness (QED) is 0.947. The van der Waals surface area contributed by atoms with Crippen LogP contribution in [0.4, 0.5) is 0 Å². The van der Waals surface area contributed by atoms with Gasteiger partial charge in [-0.25, -0.2) is 0 Å². The summed E-state index contributed by atoms with van der Waals surface area (Å²) in [7, 11) is 0. The van der Waals surface area contributed by atoms with E-state index in [1.807, 2.05) is 18.2 Å². The molecule has 0 aliphatic carbocycles. The molecule has 1 fully saturated rings. The van der Waals surface area contributed by atoms with Gasteiger partial charge in [-0.1, -0.05) is 24.6 Å². The first-order chi connectivity index (χ1) is 10.3. The predicted octanol–water partition coefficient (Wildman–Crippen LogP) is 2.61. The number of fused-ring (bicyclic) bond motifs is 1. The Bertz CT molecular complexity index is 622. The Balaban J connectivity index is 2.14. The Labute approximate surface area is 129 Å². The maximum absolute atomic E-state index is 6.30. The third-order valence-corrected chi connectivity index (χ3v) is 4.49. The van der Waals surface area contributed by atoms with Crippen LogP contribution in [-0.2, 0) is 4.74 Å². The lowest BCUT2D eigenvalue weighted by molar-refractivity contribution is -0.0654. The summed E-state index contributed by atoms with van der Waals surface area (Å²) >= 11 is 6.30. The van der Waals surface area contributed by atoms with Crippen LogP contribution in [0.5, 0.6) is 0 Å². The van der Waals surface area contributed by atoms with Gasteiger partial charge in [-0.15, -0.1) is 0 Å². The normalized spacial score (nSPS) is 23.6. The molecule has 1 aromatic carbocycles. The Morgan fingerprint density at radius 1 is 1.43 bits per heavy atom. The van der Waals surface area contributed by atoms with Crippen LogP contribution in [0, 0.1) is 0 Å². The molecule has 3 rings (SSSR count). The number of nitrogens with two attached hydrogens (primary N) is 1. The molecule has 2 aromatic rings. The van der Waals surface area contributed by atoms with E-state index in [1.54, 1.807) is 6.20 Å². The van der Waals surface area contributed by atoms with Crippen molar-refractivity contribution in [1.29, 1.82) is 0 Å². The molecule has 1 aliphatic rings. The van der Waals surface area contributed by atoms with Crippen molar-refractivity contribution >= 4 is 22.5 Å². The minimum atomic E-state index is -0.00918. The second-order valence-electron chi connectivity index (χ2n) is 5.25. The van der Waals surface area contributed by atoms with Gasteiger partial charge in [0.25, 0.3) is 0 Å². The van der Waals surface area contributed by atoms with E-state index in [9.17, 15) is 0 Å². The van der Waals surface area contributed by atoms with Crippen molar-refractivity contribution in [2.24, 2.45) is 5.73 Å². The molecule has 2 heterocycles. The molecule has 0 amide bonds. The van der Waals surface area contributed by atoms with Gasteiger partial charge in [0.1, 0.15) is 0 Å². The van der Waals surface area contributed by atoms with E-state index in [2.05, 4.69) is 22.9 Å². The third-order valence-electron chi connectivity index (χ3n) is 4.16. The second kappa shape index (κ2) is 6.28. The number of rotatable bonds is 3. The first-order valence-electron chi connectivity index (χ1n) is 7.35. The number of morpholine rings is 1. The molecular formula is C16H20ClN3O. The van der Waals surface area contributed by atoms with Crippen molar-refractivity contribution in [3.63, 3.8) is 0 Å². The van der Waals surface area contributed by atoms with E-state index in [0.717, 1.165) is 41.2 Å². The van der Waals surface area contributed by atoms with Crippen molar-refractivity contribution in [2.75, 3.05) is 26.2 Å². The van der Waals surface area contributed by atoms with Gasteiger partial charge in [0.05, 0.1) is 24.3 Å². The summed E-state index contributed by atoms with van der Waals surface area (Å²) in [5.41, 5.74) is 8.01. The molecule has 1 aromatic heterocycles. The van der Waals surface area contributed by atoms with Gasteiger partial charge in [-0.3, -0.25) is 9.88 Å². The summed E-state index contributed by atoms with van der Waals surface area (Å²) in [6.45, 7) is 5.26. The topological polar surface area (TPSA) is 51.4 Å². The van der Waals surface area contributed by atoms with E-state index in [0.29, 0.717) is 6.54 Å². The molecule has 1 saturated heterocycles. The van der Waals surface area contributed by atoms with Gasteiger partial charge in [0.15, 0.2) is 0 Å². The van der Waals surface area contributed by atoms with E-state index in [4.69, 9.17) is 22.1 Å². The highest BCUT2D eigenvalue weighted by molar-refractivity contribution is 6.35. The van der Waals surface area contributed by atoms with Crippen molar-refractivity contribution in [2.45, 2.75) is 19.1 Å². The maximum atomic E-state index is 6.30. The van der Waals surface area contributed by atoms with E-state index >= 15 is 0 Å². The highest BCUT2D eigenvalue weighted by atomic mass is 35.5. The minimum Gasteiger partial charge on any atom is -0.374 e. The molecule has 4 nitrogen and oxygen atoms in total. The van der Waals surface area contributed by atoms with Gasteiger partial charge >= 0.3 is 0 Å². The van der Waals surface area contributed by atoms with Gasteiger partial charge in [-0.05, 0) is 30.3 Å². The minimum absolute atomic E-state index is 0.00918. The lowest BCUT2D eigenvalue weighted by Gasteiger charge is -2.40. The number of nitrogens with zero attached hydrogens (tertiary/aromatic N) is 2. The Morgan fingerprint density at radius 3 is 3.05 bits per heavy atom. The zero-order chi connectivity index (χ0) is 14.8. The van der Waals surface area contributed by atoms with Crippen LogP contribution < -0.4 is 5.73 Å². The number of hydrogen-bond donors (Lipinski definition) is 1. The SMILES string of the molecule is CCN1CCOC(CN)C1c1ccc(Cl)c2cccnc12. The predicted molar refractivity (Wildman–Crippen MR) is 85.5 cm³/mol. The Morgan fingerprint density at radius 2 is 2.29 bits per heavy atom. The molecule has 1 aliphatic heterocycles. The fourth-order valence-electron chi connectivity index (χ4n) is 3.13. The molecule has 5 heteroatoms.